The van der Waals surface area contributed by atoms with Gasteiger partial charge in [0, 0.05) is 38.3 Å². The lowest BCUT2D eigenvalue weighted by Crippen LogP contribution is -2.60. The van der Waals surface area contributed by atoms with E-state index in [9.17, 15) is 4.79 Å². The van der Waals surface area contributed by atoms with Crippen molar-refractivity contribution in [3.8, 4) is 0 Å². The fourth-order valence-electron chi connectivity index (χ4n) is 4.80. The lowest BCUT2D eigenvalue weighted by Gasteiger charge is -2.48. The largest absolute Gasteiger partial charge is 0.379 e. The third kappa shape index (κ3) is 4.90. The van der Waals surface area contributed by atoms with E-state index in [1.54, 1.807) is 0 Å². The second-order valence-electron chi connectivity index (χ2n) is 8.27. The third-order valence-corrected chi connectivity index (χ3v) is 6.43. The number of fused-ring (bicyclic) bond motifs is 1. The maximum absolute atomic E-state index is 12.4. The number of carbonyl (C=O) groups is 1. The van der Waals surface area contributed by atoms with Gasteiger partial charge in [-0.25, -0.2) is 9.78 Å². The quantitative estimate of drug-likeness (QED) is 0.703. The molecule has 0 atom stereocenters. The van der Waals surface area contributed by atoms with E-state index in [0.717, 1.165) is 56.8 Å². The van der Waals surface area contributed by atoms with Crippen LogP contribution < -0.4 is 10.6 Å². The molecule has 1 aromatic carbocycles. The number of morpholine rings is 1. The Labute approximate surface area is 172 Å². The van der Waals surface area contributed by atoms with Gasteiger partial charge in [-0.1, -0.05) is 31.4 Å². The van der Waals surface area contributed by atoms with Crippen LogP contribution >= 0.6 is 0 Å². The van der Waals surface area contributed by atoms with Crippen molar-refractivity contribution in [2.45, 2.75) is 50.6 Å². The Balaban J connectivity index is 1.22. The maximum Gasteiger partial charge on any atom is 0.314 e. The van der Waals surface area contributed by atoms with Crippen LogP contribution in [0.2, 0.25) is 0 Å². The lowest BCUT2D eigenvalue weighted by atomic mass is 9.80. The summed E-state index contributed by atoms with van der Waals surface area (Å²) in [6.45, 7) is 5.78. The minimum Gasteiger partial charge on any atom is -0.379 e. The number of aromatic nitrogens is 2. The van der Waals surface area contributed by atoms with Crippen molar-refractivity contribution in [2.24, 2.45) is 0 Å². The van der Waals surface area contributed by atoms with Crippen LogP contribution in [0.25, 0.3) is 11.0 Å². The average molecular weight is 400 g/mol. The molecule has 0 bridgehead atoms. The Kier molecular flexibility index (Phi) is 6.67. The summed E-state index contributed by atoms with van der Waals surface area (Å²) in [4.78, 5) is 19.4. The molecule has 29 heavy (non-hydrogen) atoms. The van der Waals surface area contributed by atoms with Crippen LogP contribution in [0.15, 0.2) is 30.6 Å². The van der Waals surface area contributed by atoms with Gasteiger partial charge in [0.2, 0.25) is 0 Å². The molecule has 1 saturated carbocycles. The number of hydrogen-bond acceptors (Lipinski definition) is 4. The zero-order chi connectivity index (χ0) is 19.9. The molecule has 2 fully saturated rings. The van der Waals surface area contributed by atoms with E-state index in [4.69, 9.17) is 4.74 Å². The molecule has 0 spiro atoms. The van der Waals surface area contributed by atoms with Gasteiger partial charge in [0.25, 0.3) is 0 Å². The van der Waals surface area contributed by atoms with Gasteiger partial charge in [0.1, 0.15) is 0 Å². The van der Waals surface area contributed by atoms with Crippen LogP contribution in [0, 0.1) is 0 Å². The van der Waals surface area contributed by atoms with Gasteiger partial charge in [0.15, 0.2) is 0 Å². The Morgan fingerprint density at radius 2 is 1.90 bits per heavy atom. The first-order valence-corrected chi connectivity index (χ1v) is 11.0. The SMILES string of the molecule is O=C(NCCCn1cnc2ccccc21)NCC1(N2CCOCC2)CCCCC1. The highest BCUT2D eigenvalue weighted by molar-refractivity contribution is 5.75. The fraction of sp³-hybridized carbons (Fsp3) is 0.636. The van der Waals surface area contributed by atoms with Gasteiger partial charge in [0.05, 0.1) is 30.6 Å². The van der Waals surface area contributed by atoms with Crippen molar-refractivity contribution < 1.29 is 9.53 Å². The van der Waals surface area contributed by atoms with Crippen molar-refractivity contribution in [2.75, 3.05) is 39.4 Å². The Bertz CT molecular complexity index is 793. The van der Waals surface area contributed by atoms with Gasteiger partial charge < -0.3 is 19.9 Å². The first kappa shape index (κ1) is 20.2. The number of rotatable bonds is 7. The van der Waals surface area contributed by atoms with E-state index < -0.39 is 0 Å². The number of hydrogen-bond donors (Lipinski definition) is 2. The second-order valence-corrected chi connectivity index (χ2v) is 8.27. The first-order valence-electron chi connectivity index (χ1n) is 11.0. The molecule has 2 aliphatic rings. The number of ether oxygens (including phenoxy) is 1. The summed E-state index contributed by atoms with van der Waals surface area (Å²) in [5.41, 5.74) is 2.26. The molecular formula is C22H33N5O2. The minimum absolute atomic E-state index is 0.0568. The predicted molar refractivity (Wildman–Crippen MR) is 114 cm³/mol. The molecule has 2 N–H and O–H groups in total. The molecule has 0 unspecified atom stereocenters. The number of benzene rings is 1. The van der Waals surface area contributed by atoms with E-state index in [1.165, 1.54) is 32.1 Å². The van der Waals surface area contributed by atoms with Crippen LogP contribution in [0.5, 0.6) is 0 Å². The fourth-order valence-corrected chi connectivity index (χ4v) is 4.80. The molecule has 158 valence electrons. The van der Waals surface area contributed by atoms with Crippen LogP contribution in [-0.2, 0) is 11.3 Å². The predicted octanol–water partition coefficient (Wildman–Crippen LogP) is 2.76. The van der Waals surface area contributed by atoms with Crippen LogP contribution in [0.4, 0.5) is 4.79 Å². The first-order chi connectivity index (χ1) is 14.3. The molecule has 2 heterocycles. The normalized spacial score (nSPS) is 19.9. The number of carbonyl (C=O) groups excluding carboxylic acids is 1. The Hall–Kier alpha value is -2.12. The van der Waals surface area contributed by atoms with E-state index in [0.29, 0.717) is 6.54 Å². The third-order valence-electron chi connectivity index (χ3n) is 6.43. The molecule has 1 aliphatic carbocycles. The van der Waals surface area contributed by atoms with Crippen molar-refractivity contribution in [3.05, 3.63) is 30.6 Å². The maximum atomic E-state index is 12.4. The number of amides is 2. The lowest BCUT2D eigenvalue weighted by molar-refractivity contribution is -0.0357. The summed E-state index contributed by atoms with van der Waals surface area (Å²) >= 11 is 0. The summed E-state index contributed by atoms with van der Waals surface area (Å²) in [5.74, 6) is 0. The van der Waals surface area contributed by atoms with Crippen LogP contribution in [0.3, 0.4) is 0 Å². The monoisotopic (exact) mass is 399 g/mol. The zero-order valence-corrected chi connectivity index (χ0v) is 17.2. The summed E-state index contributed by atoms with van der Waals surface area (Å²) in [6.07, 6.45) is 8.89. The summed E-state index contributed by atoms with van der Waals surface area (Å²) in [5, 5.41) is 6.19. The molecule has 4 rings (SSSR count). The molecular weight excluding hydrogens is 366 g/mol. The van der Waals surface area contributed by atoms with Gasteiger partial charge in [-0.3, -0.25) is 4.90 Å². The van der Waals surface area contributed by atoms with Gasteiger partial charge >= 0.3 is 6.03 Å². The number of nitrogens with one attached hydrogen (secondary N) is 2. The van der Waals surface area contributed by atoms with Gasteiger partial charge in [-0.15, -0.1) is 0 Å². The molecule has 0 radical (unpaired) electrons. The number of urea groups is 1. The molecule has 1 aromatic heterocycles. The summed E-state index contributed by atoms with van der Waals surface area (Å²) in [7, 11) is 0. The van der Waals surface area contributed by atoms with E-state index in [2.05, 4.69) is 31.2 Å². The minimum atomic E-state index is -0.0568. The summed E-state index contributed by atoms with van der Waals surface area (Å²) < 4.78 is 7.68. The van der Waals surface area contributed by atoms with E-state index in [1.807, 2.05) is 24.5 Å². The number of nitrogens with zero attached hydrogens (tertiary/aromatic N) is 3. The molecule has 2 aromatic rings. The van der Waals surface area contributed by atoms with Gasteiger partial charge in [-0.2, -0.15) is 0 Å². The highest BCUT2D eigenvalue weighted by Gasteiger charge is 2.38. The summed E-state index contributed by atoms with van der Waals surface area (Å²) in [6, 6.07) is 8.08. The average Bonchev–Trinajstić information content (AvgIpc) is 3.20. The standard InChI is InChI=1S/C22H33N5O2/c28-21(23-11-6-12-26-18-25-19-7-2-3-8-20(19)26)24-17-22(9-4-1-5-10-22)27-13-15-29-16-14-27/h2-3,7-8,18H,1,4-6,9-17H2,(H2,23,24,28). The highest BCUT2D eigenvalue weighted by atomic mass is 16.5. The van der Waals surface area contributed by atoms with Crippen molar-refractivity contribution >= 4 is 17.1 Å². The number of aryl methyl sites for hydroxylation is 1. The molecule has 2 amide bonds. The molecule has 7 heteroatoms. The molecule has 7 nitrogen and oxygen atoms in total. The highest BCUT2D eigenvalue weighted by Crippen LogP contribution is 2.33. The second kappa shape index (κ2) is 9.59. The van der Waals surface area contributed by atoms with Crippen LogP contribution in [0.1, 0.15) is 38.5 Å². The van der Waals surface area contributed by atoms with Crippen molar-refractivity contribution in [1.29, 1.82) is 0 Å². The molecule has 1 aliphatic heterocycles. The smallest absolute Gasteiger partial charge is 0.314 e. The van der Waals surface area contributed by atoms with E-state index in [-0.39, 0.29) is 11.6 Å². The Morgan fingerprint density at radius 1 is 1.10 bits per heavy atom. The number of imidazole rings is 1. The van der Waals surface area contributed by atoms with Gasteiger partial charge in [-0.05, 0) is 31.4 Å². The van der Waals surface area contributed by atoms with Crippen LogP contribution in [-0.4, -0.2) is 65.4 Å². The molecule has 1 saturated heterocycles. The van der Waals surface area contributed by atoms with Crippen molar-refractivity contribution in [1.82, 2.24) is 25.1 Å². The zero-order valence-electron chi connectivity index (χ0n) is 17.2. The van der Waals surface area contributed by atoms with E-state index >= 15 is 0 Å². The van der Waals surface area contributed by atoms with Crippen molar-refractivity contribution in [3.63, 3.8) is 0 Å². The Morgan fingerprint density at radius 3 is 2.72 bits per heavy atom. The topological polar surface area (TPSA) is 71.4 Å². The number of para-hydroxylation sites is 2.